The highest BCUT2D eigenvalue weighted by molar-refractivity contribution is 7.80. The van der Waals surface area contributed by atoms with Crippen molar-refractivity contribution in [1.82, 2.24) is 5.43 Å². The smallest absolute Gasteiger partial charge is 0.375 e. The van der Waals surface area contributed by atoms with E-state index in [1.165, 1.54) is 0 Å². The van der Waals surface area contributed by atoms with Crippen molar-refractivity contribution in [2.24, 2.45) is 10.8 Å². The predicted molar refractivity (Wildman–Crippen MR) is 52.8 cm³/mol. The van der Waals surface area contributed by atoms with Gasteiger partial charge in [-0.15, -0.1) is 0 Å². The van der Waals surface area contributed by atoms with Crippen LogP contribution in [0.15, 0.2) is 5.10 Å². The van der Waals surface area contributed by atoms with Crippen molar-refractivity contribution >= 4 is 23.0 Å². The van der Waals surface area contributed by atoms with Gasteiger partial charge in [0.2, 0.25) is 0 Å². The zero-order valence-electron chi connectivity index (χ0n) is 8.52. The number of nitrogens with zero attached hydrogens (tertiary/aromatic N) is 1. The molecule has 1 rings (SSSR count). The molecule has 104 valence electrons. The van der Waals surface area contributed by atoms with Crippen LogP contribution in [0, 0.1) is 0 Å². The van der Waals surface area contributed by atoms with Crippen LogP contribution in [0.3, 0.4) is 0 Å². The fourth-order valence-electron chi connectivity index (χ4n) is 1.33. The van der Waals surface area contributed by atoms with Crippen molar-refractivity contribution in [3.05, 3.63) is 0 Å². The van der Waals surface area contributed by atoms with Gasteiger partial charge in [0.15, 0.2) is 5.11 Å². The van der Waals surface area contributed by atoms with Crippen molar-refractivity contribution in [3.63, 3.8) is 0 Å². The van der Waals surface area contributed by atoms with Gasteiger partial charge in [0.05, 0.1) is 12.3 Å². The summed E-state index contributed by atoms with van der Waals surface area (Å²) in [6.07, 6.45) is -12.6. The fraction of sp³-hybridized carbons (Fsp3) is 0.714. The molecule has 0 aromatic heterocycles. The van der Waals surface area contributed by atoms with E-state index >= 15 is 0 Å². The lowest BCUT2D eigenvalue weighted by atomic mass is 9.98. The highest BCUT2D eigenvalue weighted by Gasteiger charge is 2.74. The van der Waals surface area contributed by atoms with Crippen LogP contribution < -0.4 is 11.2 Å². The summed E-state index contributed by atoms with van der Waals surface area (Å²) in [6.45, 7) is -0.908. The Balaban J connectivity index is 3.00. The molecule has 4 nitrogen and oxygen atoms in total. The van der Waals surface area contributed by atoms with E-state index in [2.05, 4.69) is 22.1 Å². The monoisotopic (exact) mass is 295 g/mol. The lowest BCUT2D eigenvalue weighted by Crippen LogP contribution is -2.56. The number of hydrazone groups is 1. The molecular formula is C7H7F6N3OS. The summed E-state index contributed by atoms with van der Waals surface area (Å²) in [7, 11) is 0. The zero-order chi connectivity index (χ0) is 14.2. The van der Waals surface area contributed by atoms with E-state index in [0.717, 1.165) is 0 Å². The van der Waals surface area contributed by atoms with Gasteiger partial charge in [-0.25, -0.2) is 0 Å². The number of hydrogen-bond donors (Lipinski definition) is 2. The first kappa shape index (κ1) is 15.0. The van der Waals surface area contributed by atoms with Crippen LogP contribution in [0.1, 0.15) is 6.42 Å². The first-order chi connectivity index (χ1) is 7.99. The fourth-order valence-corrected chi connectivity index (χ4v) is 1.37. The molecule has 0 radical (unpaired) electrons. The molecule has 0 bridgehead atoms. The number of rotatable bonds is 1. The number of halogens is 6. The Hall–Kier alpha value is -1.10. The van der Waals surface area contributed by atoms with Crippen LogP contribution in [-0.4, -0.2) is 35.4 Å². The van der Waals surface area contributed by atoms with Crippen molar-refractivity contribution in [2.75, 3.05) is 6.61 Å². The summed E-state index contributed by atoms with van der Waals surface area (Å²) in [4.78, 5) is 0. The summed E-state index contributed by atoms with van der Waals surface area (Å²) < 4.78 is 79.0. The van der Waals surface area contributed by atoms with Gasteiger partial charge in [-0.2, -0.15) is 31.4 Å². The van der Waals surface area contributed by atoms with Gasteiger partial charge in [-0.1, -0.05) is 0 Å². The van der Waals surface area contributed by atoms with E-state index in [-0.39, 0.29) is 5.11 Å². The van der Waals surface area contributed by atoms with Gasteiger partial charge < -0.3 is 10.5 Å². The van der Waals surface area contributed by atoms with Crippen molar-refractivity contribution in [3.8, 4) is 0 Å². The van der Waals surface area contributed by atoms with E-state index in [1.807, 2.05) is 5.43 Å². The van der Waals surface area contributed by atoms with E-state index in [1.54, 1.807) is 0 Å². The van der Waals surface area contributed by atoms with Gasteiger partial charge in [0.1, 0.15) is 0 Å². The predicted octanol–water partition coefficient (Wildman–Crippen LogP) is 1.46. The Labute approximate surface area is 102 Å². The molecule has 18 heavy (non-hydrogen) atoms. The third kappa shape index (κ3) is 2.66. The van der Waals surface area contributed by atoms with E-state index in [9.17, 15) is 26.3 Å². The van der Waals surface area contributed by atoms with Crippen LogP contribution in [0.2, 0.25) is 0 Å². The minimum atomic E-state index is -5.59. The summed E-state index contributed by atoms with van der Waals surface area (Å²) in [6, 6.07) is 0. The van der Waals surface area contributed by atoms with Crippen molar-refractivity contribution in [2.45, 2.75) is 24.4 Å². The van der Waals surface area contributed by atoms with Crippen molar-refractivity contribution in [1.29, 1.82) is 0 Å². The Kier molecular flexibility index (Phi) is 3.77. The molecule has 3 N–H and O–H groups in total. The topological polar surface area (TPSA) is 59.6 Å². The van der Waals surface area contributed by atoms with E-state index in [4.69, 9.17) is 5.73 Å². The number of thiocarbonyl (C=S) groups is 1. The first-order valence-corrected chi connectivity index (χ1v) is 4.79. The molecule has 1 saturated heterocycles. The zero-order valence-corrected chi connectivity index (χ0v) is 9.34. The molecule has 11 heteroatoms. The molecule has 1 aliphatic heterocycles. The number of nitrogens with two attached hydrogens (primary N) is 1. The summed E-state index contributed by atoms with van der Waals surface area (Å²) in [5.41, 5.74) is 2.15. The van der Waals surface area contributed by atoms with Crippen LogP contribution in [-0.2, 0) is 4.74 Å². The Morgan fingerprint density at radius 2 is 1.78 bits per heavy atom. The molecular weight excluding hydrogens is 288 g/mol. The van der Waals surface area contributed by atoms with Gasteiger partial charge >= 0.3 is 12.4 Å². The number of nitrogens with one attached hydrogen (secondary N) is 1. The normalized spacial score (nSPS) is 22.2. The Bertz CT molecular complexity index is 362. The molecule has 0 unspecified atom stereocenters. The average molecular weight is 295 g/mol. The maximum absolute atomic E-state index is 12.5. The Morgan fingerprint density at radius 3 is 2.11 bits per heavy atom. The lowest BCUT2D eigenvalue weighted by molar-refractivity contribution is -0.367. The van der Waals surface area contributed by atoms with Crippen LogP contribution in [0.25, 0.3) is 0 Å². The third-order valence-electron chi connectivity index (χ3n) is 2.18. The minimum Gasteiger partial charge on any atom is -0.375 e. The summed E-state index contributed by atoms with van der Waals surface area (Å²) in [5.74, 6) is 0. The largest absolute Gasteiger partial charge is 0.426 e. The number of alkyl halides is 6. The van der Waals surface area contributed by atoms with Crippen LogP contribution >= 0.6 is 12.2 Å². The molecule has 0 saturated carbocycles. The summed E-state index contributed by atoms with van der Waals surface area (Å²) in [5, 5.41) is 2.84. The SMILES string of the molecule is NC(=S)NN=C1COC(C(F)(F)F)(C(F)(F)F)C1. The molecule has 0 aromatic rings. The van der Waals surface area contributed by atoms with E-state index in [0.29, 0.717) is 0 Å². The van der Waals surface area contributed by atoms with Crippen LogP contribution in [0.5, 0.6) is 0 Å². The second-order valence-electron chi connectivity index (χ2n) is 3.44. The minimum absolute atomic E-state index is 0.376. The molecule has 0 atom stereocenters. The molecule has 1 heterocycles. The molecule has 0 amide bonds. The maximum atomic E-state index is 12.5. The third-order valence-corrected chi connectivity index (χ3v) is 2.27. The van der Waals surface area contributed by atoms with Gasteiger partial charge in [-0.3, -0.25) is 5.43 Å². The first-order valence-electron chi connectivity index (χ1n) is 4.38. The van der Waals surface area contributed by atoms with Gasteiger partial charge in [-0.05, 0) is 12.2 Å². The highest BCUT2D eigenvalue weighted by atomic mass is 32.1. The summed E-state index contributed by atoms with van der Waals surface area (Å²) >= 11 is 4.31. The molecule has 0 aliphatic carbocycles. The van der Waals surface area contributed by atoms with Gasteiger partial charge in [0.25, 0.3) is 5.60 Å². The van der Waals surface area contributed by atoms with Gasteiger partial charge in [0, 0.05) is 6.42 Å². The maximum Gasteiger partial charge on any atom is 0.426 e. The average Bonchev–Trinajstić information content (AvgIpc) is 2.57. The molecule has 0 spiro atoms. The lowest BCUT2D eigenvalue weighted by Gasteiger charge is -2.31. The number of ether oxygens (including phenoxy) is 1. The second kappa shape index (κ2) is 4.53. The standard InChI is InChI=1S/C7H7F6N3OS/c8-6(9,10)5(7(11,12)13)1-3(2-17-5)15-16-4(14)18/h1-2H2,(H3,14,16,18). The quantitative estimate of drug-likeness (QED) is 0.437. The highest BCUT2D eigenvalue weighted by Crippen LogP contribution is 2.50. The molecule has 1 aliphatic rings. The second-order valence-corrected chi connectivity index (χ2v) is 3.88. The van der Waals surface area contributed by atoms with E-state index < -0.39 is 36.7 Å². The number of hydrogen-bond acceptors (Lipinski definition) is 3. The molecule has 0 aromatic carbocycles. The van der Waals surface area contributed by atoms with Crippen molar-refractivity contribution < 1.29 is 31.1 Å². The molecule has 1 fully saturated rings. The van der Waals surface area contributed by atoms with Crippen LogP contribution in [0.4, 0.5) is 26.3 Å². The Morgan fingerprint density at radius 1 is 1.28 bits per heavy atom.